The molecule has 2 aliphatic rings. The Labute approximate surface area is 119 Å². The van der Waals surface area contributed by atoms with Crippen molar-refractivity contribution in [3.63, 3.8) is 0 Å². The molecule has 0 bridgehead atoms. The van der Waals surface area contributed by atoms with Crippen molar-refractivity contribution in [2.45, 2.75) is 51.3 Å². The van der Waals surface area contributed by atoms with E-state index in [1.807, 2.05) is 18.4 Å². The highest BCUT2D eigenvalue weighted by atomic mass is 32.1. The van der Waals surface area contributed by atoms with E-state index in [9.17, 15) is 0 Å². The molecule has 2 heterocycles. The van der Waals surface area contributed by atoms with Gasteiger partial charge >= 0.3 is 0 Å². The molecule has 0 amide bonds. The van der Waals surface area contributed by atoms with Crippen LogP contribution in [0.25, 0.3) is 0 Å². The molecular weight excluding hydrogens is 258 g/mol. The third kappa shape index (κ3) is 2.78. The van der Waals surface area contributed by atoms with Crippen LogP contribution in [0.3, 0.4) is 0 Å². The number of anilines is 1. The Morgan fingerprint density at radius 1 is 1.42 bits per heavy atom. The molecule has 0 radical (unpaired) electrons. The summed E-state index contributed by atoms with van der Waals surface area (Å²) in [6.45, 7) is 7.07. The molecule has 1 aromatic heterocycles. The van der Waals surface area contributed by atoms with Gasteiger partial charge in [-0.15, -0.1) is 11.3 Å². The standard InChI is InChI=1S/C14H23N3OS/c1-9-8-18-10(2)7-17(9)14-16-13(11-4-5-11)12(19-14)6-15-3/h9-11,15H,4-8H2,1-3H3. The van der Waals surface area contributed by atoms with E-state index in [-0.39, 0.29) is 0 Å². The maximum absolute atomic E-state index is 5.71. The lowest BCUT2D eigenvalue weighted by atomic mass is 10.2. The van der Waals surface area contributed by atoms with Crippen LogP contribution >= 0.6 is 11.3 Å². The molecule has 1 aliphatic carbocycles. The second-order valence-corrected chi connectivity index (χ2v) is 6.82. The molecule has 0 spiro atoms. The summed E-state index contributed by atoms with van der Waals surface area (Å²) in [5, 5.41) is 4.46. The van der Waals surface area contributed by atoms with Crippen molar-refractivity contribution in [2.24, 2.45) is 0 Å². The van der Waals surface area contributed by atoms with Crippen molar-refractivity contribution in [3.05, 3.63) is 10.6 Å². The van der Waals surface area contributed by atoms with Gasteiger partial charge in [-0.05, 0) is 33.7 Å². The second-order valence-electron chi connectivity index (χ2n) is 5.75. The lowest BCUT2D eigenvalue weighted by Crippen LogP contribution is -2.47. The van der Waals surface area contributed by atoms with Gasteiger partial charge in [0.05, 0.1) is 24.4 Å². The molecule has 2 fully saturated rings. The quantitative estimate of drug-likeness (QED) is 0.919. The van der Waals surface area contributed by atoms with Gasteiger partial charge in [-0.25, -0.2) is 4.98 Å². The van der Waals surface area contributed by atoms with E-state index in [4.69, 9.17) is 9.72 Å². The molecule has 0 aromatic carbocycles. The Morgan fingerprint density at radius 3 is 2.89 bits per heavy atom. The number of morpholine rings is 1. The molecule has 3 rings (SSSR count). The monoisotopic (exact) mass is 281 g/mol. The molecule has 106 valence electrons. The first-order valence-electron chi connectivity index (χ1n) is 7.21. The molecule has 2 unspecified atom stereocenters. The van der Waals surface area contributed by atoms with Crippen LogP contribution in [0.5, 0.6) is 0 Å². The summed E-state index contributed by atoms with van der Waals surface area (Å²) in [5.74, 6) is 0.724. The minimum atomic E-state index is 0.303. The maximum Gasteiger partial charge on any atom is 0.186 e. The number of nitrogens with zero attached hydrogens (tertiary/aromatic N) is 2. The molecule has 1 N–H and O–H groups in total. The summed E-state index contributed by atoms with van der Waals surface area (Å²) in [4.78, 5) is 8.79. The van der Waals surface area contributed by atoms with E-state index in [0.717, 1.165) is 25.6 Å². The first kappa shape index (κ1) is 13.3. The first-order chi connectivity index (χ1) is 9.19. The lowest BCUT2D eigenvalue weighted by molar-refractivity contribution is 0.0343. The molecular formula is C14H23N3OS. The van der Waals surface area contributed by atoms with Crippen LogP contribution in [0.2, 0.25) is 0 Å². The summed E-state index contributed by atoms with van der Waals surface area (Å²) in [7, 11) is 2.01. The van der Waals surface area contributed by atoms with Gasteiger partial charge in [-0.1, -0.05) is 0 Å². The van der Waals surface area contributed by atoms with Crippen molar-refractivity contribution >= 4 is 16.5 Å². The van der Waals surface area contributed by atoms with Crippen LogP contribution in [0.15, 0.2) is 0 Å². The Hall–Kier alpha value is -0.650. The van der Waals surface area contributed by atoms with Crippen molar-refractivity contribution in [2.75, 3.05) is 25.1 Å². The summed E-state index contributed by atoms with van der Waals surface area (Å²) < 4.78 is 5.71. The minimum absolute atomic E-state index is 0.303. The van der Waals surface area contributed by atoms with Gasteiger partial charge in [0.25, 0.3) is 0 Å². The van der Waals surface area contributed by atoms with Gasteiger partial charge in [0, 0.05) is 23.9 Å². The molecule has 1 aliphatic heterocycles. The Balaban J connectivity index is 1.84. The highest BCUT2D eigenvalue weighted by molar-refractivity contribution is 7.15. The molecule has 5 heteroatoms. The van der Waals surface area contributed by atoms with Crippen LogP contribution in [-0.4, -0.2) is 37.3 Å². The fourth-order valence-corrected chi connectivity index (χ4v) is 3.88. The largest absolute Gasteiger partial charge is 0.375 e. The zero-order valence-electron chi connectivity index (χ0n) is 12.0. The minimum Gasteiger partial charge on any atom is -0.375 e. The number of rotatable bonds is 4. The van der Waals surface area contributed by atoms with Gasteiger partial charge in [0.15, 0.2) is 5.13 Å². The molecule has 1 saturated heterocycles. The van der Waals surface area contributed by atoms with E-state index in [2.05, 4.69) is 24.1 Å². The Morgan fingerprint density at radius 2 is 2.21 bits per heavy atom. The highest BCUT2D eigenvalue weighted by Crippen LogP contribution is 2.44. The van der Waals surface area contributed by atoms with Crippen molar-refractivity contribution < 1.29 is 4.74 Å². The van der Waals surface area contributed by atoms with Crippen LogP contribution in [0.1, 0.15) is 43.2 Å². The fraction of sp³-hybridized carbons (Fsp3) is 0.786. The number of thiazole rings is 1. The number of nitrogens with one attached hydrogen (secondary N) is 1. The molecule has 1 aromatic rings. The molecule has 4 nitrogen and oxygen atoms in total. The van der Waals surface area contributed by atoms with Crippen molar-refractivity contribution in [1.82, 2.24) is 10.3 Å². The summed E-state index contributed by atoms with van der Waals surface area (Å²) in [5.41, 5.74) is 1.35. The van der Waals surface area contributed by atoms with E-state index >= 15 is 0 Å². The predicted octanol–water partition coefficient (Wildman–Crippen LogP) is 2.35. The SMILES string of the molecule is CNCc1sc(N2CC(C)OCC2C)nc1C1CC1. The van der Waals surface area contributed by atoms with E-state index < -0.39 is 0 Å². The van der Waals surface area contributed by atoms with Crippen LogP contribution in [-0.2, 0) is 11.3 Å². The average molecular weight is 281 g/mol. The smallest absolute Gasteiger partial charge is 0.186 e. The predicted molar refractivity (Wildman–Crippen MR) is 79.1 cm³/mol. The van der Waals surface area contributed by atoms with E-state index in [0.29, 0.717) is 12.1 Å². The van der Waals surface area contributed by atoms with E-state index in [1.165, 1.54) is 28.5 Å². The van der Waals surface area contributed by atoms with Gasteiger partial charge in [0.1, 0.15) is 0 Å². The lowest BCUT2D eigenvalue weighted by Gasteiger charge is -2.36. The number of hydrogen-bond acceptors (Lipinski definition) is 5. The number of hydrogen-bond donors (Lipinski definition) is 1. The number of aromatic nitrogens is 1. The third-order valence-corrected chi connectivity index (χ3v) is 4.98. The third-order valence-electron chi connectivity index (χ3n) is 3.87. The highest BCUT2D eigenvalue weighted by Gasteiger charge is 2.32. The molecule has 1 saturated carbocycles. The number of ether oxygens (including phenoxy) is 1. The Bertz CT molecular complexity index is 444. The fourth-order valence-electron chi connectivity index (χ4n) is 2.61. The normalized spacial score (nSPS) is 27.8. The maximum atomic E-state index is 5.71. The Kier molecular flexibility index (Phi) is 3.78. The van der Waals surface area contributed by atoms with Crippen molar-refractivity contribution in [1.29, 1.82) is 0 Å². The van der Waals surface area contributed by atoms with Gasteiger partial charge in [0.2, 0.25) is 0 Å². The molecule has 19 heavy (non-hydrogen) atoms. The van der Waals surface area contributed by atoms with Gasteiger partial charge in [-0.3, -0.25) is 0 Å². The zero-order valence-corrected chi connectivity index (χ0v) is 12.8. The van der Waals surface area contributed by atoms with Crippen LogP contribution in [0, 0.1) is 0 Å². The average Bonchev–Trinajstić information content (AvgIpc) is 3.15. The van der Waals surface area contributed by atoms with Gasteiger partial charge < -0.3 is 15.0 Å². The van der Waals surface area contributed by atoms with E-state index in [1.54, 1.807) is 0 Å². The summed E-state index contributed by atoms with van der Waals surface area (Å²) >= 11 is 1.86. The first-order valence-corrected chi connectivity index (χ1v) is 8.03. The summed E-state index contributed by atoms with van der Waals surface area (Å²) in [6, 6.07) is 0.428. The second kappa shape index (κ2) is 5.38. The van der Waals surface area contributed by atoms with Crippen molar-refractivity contribution in [3.8, 4) is 0 Å². The van der Waals surface area contributed by atoms with Gasteiger partial charge in [-0.2, -0.15) is 0 Å². The van der Waals surface area contributed by atoms with Crippen LogP contribution in [0.4, 0.5) is 5.13 Å². The van der Waals surface area contributed by atoms with Crippen LogP contribution < -0.4 is 10.2 Å². The summed E-state index contributed by atoms with van der Waals surface area (Å²) in [6.07, 6.45) is 2.93. The topological polar surface area (TPSA) is 37.4 Å². The molecule has 2 atom stereocenters. The zero-order chi connectivity index (χ0) is 13.4.